The molecule has 0 N–H and O–H groups in total. The zero-order valence-corrected chi connectivity index (χ0v) is 20.2. The maximum Gasteiger partial charge on any atom is 0.460 e. The predicted octanol–water partition coefficient (Wildman–Crippen LogP) is 9.66. The quantitative estimate of drug-likeness (QED) is 0.300. The van der Waals surface area contributed by atoms with Gasteiger partial charge in [-0.15, -0.1) is 0 Å². The molecule has 21 heteroatoms. The standard InChI is InChI=1S/C23H9F19O2/c24-15(25,26)9-14-16(20(33,34)22(37,38)39,10-1-5-12(6-2-10)18(27,28)29)44-17(43-14,21(35,36)23(40,41)42)11-3-7-13(8-4-11)19(30,31)32/h1-9H/b14-9-. The molecule has 0 saturated carbocycles. The minimum atomic E-state index is -7.23. The van der Waals surface area contributed by atoms with Crippen LogP contribution in [-0.2, 0) is 33.2 Å². The van der Waals surface area contributed by atoms with E-state index in [0.717, 1.165) is 0 Å². The fourth-order valence-corrected chi connectivity index (χ4v) is 3.98. The van der Waals surface area contributed by atoms with Crippen LogP contribution in [0, 0.1) is 0 Å². The third kappa shape index (κ3) is 5.62. The van der Waals surface area contributed by atoms with Crippen LogP contribution in [0.4, 0.5) is 83.4 Å². The van der Waals surface area contributed by atoms with Gasteiger partial charge in [0.1, 0.15) is 5.76 Å². The van der Waals surface area contributed by atoms with Crippen molar-refractivity contribution in [1.29, 1.82) is 0 Å². The van der Waals surface area contributed by atoms with Crippen LogP contribution in [-0.4, -0.2) is 30.4 Å². The predicted molar refractivity (Wildman–Crippen MR) is 105 cm³/mol. The fraction of sp³-hybridized carbons (Fsp3) is 0.391. The first-order valence-corrected chi connectivity index (χ1v) is 10.9. The second-order valence-electron chi connectivity index (χ2n) is 8.85. The molecule has 1 aliphatic rings. The summed E-state index contributed by atoms with van der Waals surface area (Å²) in [6.07, 6.45) is -33.1. The summed E-state index contributed by atoms with van der Waals surface area (Å²) < 4.78 is 269. The van der Waals surface area contributed by atoms with Gasteiger partial charge in [-0.2, -0.15) is 83.4 Å². The average Bonchev–Trinajstić information content (AvgIpc) is 3.18. The number of hydrogen-bond donors (Lipinski definition) is 0. The van der Waals surface area contributed by atoms with E-state index < -0.39 is 112 Å². The number of ether oxygens (including phenoxy) is 2. The molecule has 2 atom stereocenters. The summed E-state index contributed by atoms with van der Waals surface area (Å²) in [5, 5.41) is 0. The van der Waals surface area contributed by atoms with Crippen LogP contribution in [0.2, 0.25) is 0 Å². The van der Waals surface area contributed by atoms with Crippen LogP contribution in [0.5, 0.6) is 0 Å². The van der Waals surface area contributed by atoms with E-state index in [2.05, 4.69) is 9.47 Å². The zero-order chi connectivity index (χ0) is 34.2. The molecule has 2 nitrogen and oxygen atoms in total. The van der Waals surface area contributed by atoms with Crippen LogP contribution in [0.25, 0.3) is 0 Å². The summed E-state index contributed by atoms with van der Waals surface area (Å²) >= 11 is 0. The first kappa shape index (κ1) is 35.1. The number of allylic oxidation sites excluding steroid dienone is 1. The van der Waals surface area contributed by atoms with E-state index in [1.54, 1.807) is 0 Å². The van der Waals surface area contributed by atoms with Gasteiger partial charge in [0.15, 0.2) is 0 Å². The third-order valence-corrected chi connectivity index (χ3v) is 5.97. The van der Waals surface area contributed by atoms with Crippen LogP contribution >= 0.6 is 0 Å². The minimum absolute atomic E-state index is 0.316. The van der Waals surface area contributed by atoms with Gasteiger partial charge in [0.05, 0.1) is 17.2 Å². The number of alkyl halides is 19. The van der Waals surface area contributed by atoms with Crippen LogP contribution in [0.15, 0.2) is 60.4 Å². The SMILES string of the molecule is FC(F)(F)/C=C1\OC(c2ccc(C(F)(F)F)cc2)(C(F)(F)C(F)(F)F)OC1(c1ccc(C(F)(F)F)cc1)C(F)(F)C(F)(F)F. The number of halogens is 19. The molecule has 1 heterocycles. The summed E-state index contributed by atoms with van der Waals surface area (Å²) in [5.41, 5.74) is -13.7. The highest BCUT2D eigenvalue weighted by molar-refractivity contribution is 5.43. The van der Waals surface area contributed by atoms with Crippen molar-refractivity contribution in [2.24, 2.45) is 0 Å². The van der Waals surface area contributed by atoms with Crippen molar-refractivity contribution in [2.45, 2.75) is 54.1 Å². The first-order chi connectivity index (χ1) is 19.4. The second kappa shape index (κ2) is 10.1. The van der Waals surface area contributed by atoms with Gasteiger partial charge < -0.3 is 9.47 Å². The molecule has 2 aromatic rings. The van der Waals surface area contributed by atoms with Gasteiger partial charge in [0, 0.05) is 5.56 Å². The zero-order valence-electron chi connectivity index (χ0n) is 20.2. The molecule has 3 rings (SSSR count). The van der Waals surface area contributed by atoms with Crippen molar-refractivity contribution in [2.75, 3.05) is 0 Å². The lowest BCUT2D eigenvalue weighted by Gasteiger charge is -2.40. The molecular formula is C23H9F19O2. The molecule has 0 bridgehead atoms. The minimum Gasteiger partial charge on any atom is -0.452 e. The lowest BCUT2D eigenvalue weighted by atomic mass is 9.83. The van der Waals surface area contributed by atoms with Gasteiger partial charge in [0.25, 0.3) is 0 Å². The molecule has 0 aliphatic carbocycles. The Balaban J connectivity index is 2.57. The third-order valence-electron chi connectivity index (χ3n) is 5.97. The van der Waals surface area contributed by atoms with Crippen molar-refractivity contribution < 1.29 is 92.9 Å². The van der Waals surface area contributed by atoms with E-state index in [4.69, 9.17) is 0 Å². The summed E-state index contributed by atoms with van der Waals surface area (Å²) in [7, 11) is 0. The lowest BCUT2D eigenvalue weighted by molar-refractivity contribution is -0.423. The largest absolute Gasteiger partial charge is 0.460 e. The Morgan fingerprint density at radius 3 is 1.16 bits per heavy atom. The molecule has 2 unspecified atom stereocenters. The van der Waals surface area contributed by atoms with E-state index in [1.165, 1.54) is 0 Å². The van der Waals surface area contributed by atoms with Crippen molar-refractivity contribution in [3.8, 4) is 0 Å². The molecule has 0 radical (unpaired) electrons. The van der Waals surface area contributed by atoms with Crippen molar-refractivity contribution in [3.05, 3.63) is 82.6 Å². The van der Waals surface area contributed by atoms with Crippen molar-refractivity contribution in [3.63, 3.8) is 0 Å². The van der Waals surface area contributed by atoms with Gasteiger partial charge in [-0.25, -0.2) is 0 Å². The Kier molecular flexibility index (Phi) is 8.02. The Labute approximate surface area is 230 Å². The Morgan fingerprint density at radius 2 is 0.841 bits per heavy atom. The molecule has 0 amide bonds. The topological polar surface area (TPSA) is 18.5 Å². The molecule has 44 heavy (non-hydrogen) atoms. The second-order valence-corrected chi connectivity index (χ2v) is 8.85. The van der Waals surface area contributed by atoms with E-state index in [9.17, 15) is 65.9 Å². The van der Waals surface area contributed by atoms with Gasteiger partial charge >= 0.3 is 48.5 Å². The molecule has 0 aromatic heterocycles. The molecule has 1 aliphatic heterocycles. The number of hydrogen-bond acceptors (Lipinski definition) is 2. The molecule has 0 spiro atoms. The maximum atomic E-state index is 15.3. The Morgan fingerprint density at radius 1 is 0.477 bits per heavy atom. The smallest absolute Gasteiger partial charge is 0.452 e. The normalized spacial score (nSPS) is 23.7. The van der Waals surface area contributed by atoms with E-state index in [-0.39, 0.29) is 24.3 Å². The van der Waals surface area contributed by atoms with Gasteiger partial charge in [-0.3, -0.25) is 0 Å². The summed E-state index contributed by atoms with van der Waals surface area (Å²) in [5.74, 6) is -22.7. The van der Waals surface area contributed by atoms with E-state index in [1.807, 2.05) is 0 Å². The molecule has 1 fully saturated rings. The monoisotopic (exact) mass is 678 g/mol. The van der Waals surface area contributed by atoms with Crippen LogP contribution < -0.4 is 0 Å². The fourth-order valence-electron chi connectivity index (χ4n) is 3.98. The van der Waals surface area contributed by atoms with Crippen LogP contribution in [0.1, 0.15) is 22.3 Å². The Bertz CT molecular complexity index is 1380. The average molecular weight is 678 g/mol. The van der Waals surface area contributed by atoms with Gasteiger partial charge in [0.2, 0.25) is 5.60 Å². The highest BCUT2D eigenvalue weighted by Gasteiger charge is 2.85. The van der Waals surface area contributed by atoms with Crippen LogP contribution in [0.3, 0.4) is 0 Å². The summed E-state index contributed by atoms with van der Waals surface area (Å²) in [6.45, 7) is 0. The highest BCUT2D eigenvalue weighted by Crippen LogP contribution is 2.67. The molecular weight excluding hydrogens is 669 g/mol. The van der Waals surface area contributed by atoms with Gasteiger partial charge in [-0.1, -0.05) is 24.3 Å². The highest BCUT2D eigenvalue weighted by atomic mass is 19.4. The molecule has 246 valence electrons. The molecule has 1 saturated heterocycles. The van der Waals surface area contributed by atoms with E-state index in [0.29, 0.717) is 0 Å². The summed E-state index contributed by atoms with van der Waals surface area (Å²) in [6, 6.07) is -3.01. The maximum absolute atomic E-state index is 15.3. The first-order valence-electron chi connectivity index (χ1n) is 10.9. The Hall–Kier alpha value is -3.39. The van der Waals surface area contributed by atoms with Crippen molar-refractivity contribution >= 4 is 0 Å². The van der Waals surface area contributed by atoms with E-state index >= 15 is 17.6 Å². The summed E-state index contributed by atoms with van der Waals surface area (Å²) in [4.78, 5) is 0. The van der Waals surface area contributed by atoms with Gasteiger partial charge in [-0.05, 0) is 29.8 Å². The lowest BCUT2D eigenvalue weighted by Crippen LogP contribution is -2.60. The molecule has 2 aromatic carbocycles. The number of rotatable bonds is 4. The number of benzene rings is 2. The van der Waals surface area contributed by atoms with Crippen molar-refractivity contribution in [1.82, 2.24) is 0 Å².